The van der Waals surface area contributed by atoms with Crippen LogP contribution in [0.2, 0.25) is 0 Å². The molecule has 23 heavy (non-hydrogen) atoms. The maximum atomic E-state index is 13.0. The third kappa shape index (κ3) is 3.49. The number of carboxylic acid groups (broad SMARTS) is 2. The van der Waals surface area contributed by atoms with Gasteiger partial charge < -0.3 is 15.5 Å². The highest BCUT2D eigenvalue weighted by Crippen LogP contribution is 2.58. The van der Waals surface area contributed by atoms with Crippen LogP contribution in [0.1, 0.15) is 31.9 Å². The van der Waals surface area contributed by atoms with Gasteiger partial charge in [0.15, 0.2) is 0 Å². The van der Waals surface area contributed by atoms with E-state index in [1.807, 2.05) is 0 Å². The Balaban J connectivity index is 2.15. The number of nitrogens with one attached hydrogen (secondary N) is 1. The molecule has 7 heteroatoms. The van der Waals surface area contributed by atoms with Crippen molar-refractivity contribution in [3.8, 4) is 0 Å². The van der Waals surface area contributed by atoms with Crippen LogP contribution in [0.5, 0.6) is 0 Å². The average Bonchev–Trinajstić information content (AvgIpc) is 3.01. The molecule has 0 aliphatic heterocycles. The van der Waals surface area contributed by atoms with Crippen LogP contribution in [0.4, 0.5) is 4.39 Å². The molecule has 0 saturated heterocycles. The van der Waals surface area contributed by atoms with Crippen molar-refractivity contribution in [2.45, 2.75) is 26.3 Å². The molecule has 1 aliphatic rings. The molecule has 0 spiro atoms. The molecule has 1 fully saturated rings. The fourth-order valence-electron chi connectivity index (χ4n) is 2.97. The number of carbonyl (C=O) groups is 3. The molecule has 2 rings (SSSR count). The fourth-order valence-corrected chi connectivity index (χ4v) is 2.97. The summed E-state index contributed by atoms with van der Waals surface area (Å²) in [4.78, 5) is 34.5. The monoisotopic (exact) mass is 323 g/mol. The van der Waals surface area contributed by atoms with E-state index >= 15 is 0 Å². The van der Waals surface area contributed by atoms with Crippen LogP contribution in [0.3, 0.4) is 0 Å². The van der Waals surface area contributed by atoms with Crippen molar-refractivity contribution in [2.75, 3.05) is 0 Å². The standard InChI is InChI=1S/C16H18FNO5/c1-16(2)12(13(16)15(22)23)14(21)18-10(7-11(19)20)8-3-5-9(17)6-4-8/h3-6,10,12-13H,7H2,1-2H3,(H,18,21)(H,19,20)(H,22,23)/t10-,12+,13+/m0/s1. The minimum absolute atomic E-state index is 0.373. The number of carbonyl (C=O) groups excluding carboxylic acids is 1. The Bertz CT molecular complexity index is 640. The molecule has 124 valence electrons. The van der Waals surface area contributed by atoms with Gasteiger partial charge in [-0.1, -0.05) is 26.0 Å². The minimum atomic E-state index is -1.12. The first-order valence-corrected chi connectivity index (χ1v) is 7.15. The van der Waals surface area contributed by atoms with Crippen molar-refractivity contribution in [2.24, 2.45) is 17.3 Å². The Hall–Kier alpha value is -2.44. The molecule has 3 N–H and O–H groups in total. The Morgan fingerprint density at radius 2 is 1.74 bits per heavy atom. The van der Waals surface area contributed by atoms with Gasteiger partial charge in [0.25, 0.3) is 0 Å². The summed E-state index contributed by atoms with van der Waals surface area (Å²) >= 11 is 0. The molecule has 0 unspecified atom stereocenters. The number of halogens is 1. The van der Waals surface area contributed by atoms with Gasteiger partial charge in [0.05, 0.1) is 24.3 Å². The van der Waals surface area contributed by atoms with Gasteiger partial charge in [-0.3, -0.25) is 14.4 Å². The lowest BCUT2D eigenvalue weighted by Gasteiger charge is -2.18. The molecule has 0 bridgehead atoms. The number of aliphatic carboxylic acids is 2. The molecular formula is C16H18FNO5. The van der Waals surface area contributed by atoms with Gasteiger partial charge in [-0.2, -0.15) is 0 Å². The van der Waals surface area contributed by atoms with Crippen LogP contribution in [-0.4, -0.2) is 28.1 Å². The Morgan fingerprint density at radius 1 is 1.17 bits per heavy atom. The highest BCUT2D eigenvalue weighted by atomic mass is 19.1. The third-order valence-electron chi connectivity index (χ3n) is 4.34. The average molecular weight is 323 g/mol. The summed E-state index contributed by atoms with van der Waals surface area (Å²) < 4.78 is 13.0. The van der Waals surface area contributed by atoms with Gasteiger partial charge in [-0.05, 0) is 23.1 Å². The zero-order valence-electron chi connectivity index (χ0n) is 12.7. The van der Waals surface area contributed by atoms with Crippen molar-refractivity contribution in [1.82, 2.24) is 5.32 Å². The summed E-state index contributed by atoms with van der Waals surface area (Å²) in [5.41, 5.74) is -0.223. The first-order chi connectivity index (χ1) is 10.6. The Labute approximate surface area is 132 Å². The summed E-state index contributed by atoms with van der Waals surface area (Å²) in [6.07, 6.45) is -0.373. The van der Waals surface area contributed by atoms with Crippen LogP contribution >= 0.6 is 0 Å². The Kier molecular flexibility index (Phi) is 4.40. The lowest BCUT2D eigenvalue weighted by molar-refractivity contribution is -0.141. The molecule has 1 aliphatic carbocycles. The quantitative estimate of drug-likeness (QED) is 0.741. The van der Waals surface area contributed by atoms with Gasteiger partial charge in [0.2, 0.25) is 5.91 Å². The topological polar surface area (TPSA) is 104 Å². The molecule has 6 nitrogen and oxygen atoms in total. The highest BCUT2D eigenvalue weighted by molar-refractivity contribution is 5.92. The molecule has 0 heterocycles. The molecule has 0 aromatic heterocycles. The SMILES string of the molecule is CC1(C)[C@@H](C(=O)O)[C@@H]1C(=O)N[C@@H](CC(=O)O)c1ccc(F)cc1. The number of benzene rings is 1. The molecule has 1 amide bonds. The number of rotatable bonds is 6. The second-order valence-corrected chi connectivity index (χ2v) is 6.33. The van der Waals surface area contributed by atoms with E-state index in [-0.39, 0.29) is 6.42 Å². The largest absolute Gasteiger partial charge is 0.481 e. The minimum Gasteiger partial charge on any atom is -0.481 e. The fraction of sp³-hybridized carbons (Fsp3) is 0.438. The molecule has 3 atom stereocenters. The van der Waals surface area contributed by atoms with Gasteiger partial charge in [-0.25, -0.2) is 4.39 Å². The summed E-state index contributed by atoms with van der Waals surface area (Å²) in [6, 6.07) is 4.31. The van der Waals surface area contributed by atoms with Gasteiger partial charge in [0, 0.05) is 0 Å². The van der Waals surface area contributed by atoms with Crippen LogP contribution in [-0.2, 0) is 14.4 Å². The van der Waals surface area contributed by atoms with E-state index in [4.69, 9.17) is 10.2 Å². The zero-order valence-corrected chi connectivity index (χ0v) is 12.7. The maximum Gasteiger partial charge on any atom is 0.307 e. The lowest BCUT2D eigenvalue weighted by atomic mass is 10.0. The second-order valence-electron chi connectivity index (χ2n) is 6.33. The van der Waals surface area contributed by atoms with E-state index in [0.29, 0.717) is 5.56 Å². The van der Waals surface area contributed by atoms with Crippen LogP contribution < -0.4 is 5.32 Å². The molecule has 1 aromatic rings. The van der Waals surface area contributed by atoms with E-state index in [1.165, 1.54) is 24.3 Å². The third-order valence-corrected chi connectivity index (χ3v) is 4.34. The first-order valence-electron chi connectivity index (χ1n) is 7.15. The van der Waals surface area contributed by atoms with Crippen LogP contribution in [0, 0.1) is 23.1 Å². The van der Waals surface area contributed by atoms with Gasteiger partial charge in [0.1, 0.15) is 5.82 Å². The second kappa shape index (κ2) is 5.98. The predicted molar refractivity (Wildman–Crippen MR) is 77.9 cm³/mol. The summed E-state index contributed by atoms with van der Waals surface area (Å²) in [7, 11) is 0. The summed E-state index contributed by atoms with van der Waals surface area (Å²) in [5.74, 6) is -4.64. The number of hydrogen-bond acceptors (Lipinski definition) is 3. The van der Waals surface area contributed by atoms with Crippen molar-refractivity contribution in [3.05, 3.63) is 35.6 Å². The van der Waals surface area contributed by atoms with Crippen molar-refractivity contribution in [3.63, 3.8) is 0 Å². The van der Waals surface area contributed by atoms with Crippen molar-refractivity contribution >= 4 is 17.8 Å². The highest BCUT2D eigenvalue weighted by Gasteiger charge is 2.66. The predicted octanol–water partition coefficient (Wildman–Crippen LogP) is 1.81. The van der Waals surface area contributed by atoms with E-state index in [0.717, 1.165) is 0 Å². The number of amides is 1. The molecule has 1 saturated carbocycles. The van der Waals surface area contributed by atoms with E-state index < -0.39 is 47.0 Å². The number of hydrogen-bond donors (Lipinski definition) is 3. The normalized spacial score (nSPS) is 22.9. The van der Waals surface area contributed by atoms with Crippen LogP contribution in [0.25, 0.3) is 0 Å². The lowest BCUT2D eigenvalue weighted by Crippen LogP contribution is -2.32. The van der Waals surface area contributed by atoms with E-state index in [2.05, 4.69) is 5.32 Å². The maximum absolute atomic E-state index is 13.0. The van der Waals surface area contributed by atoms with E-state index in [1.54, 1.807) is 13.8 Å². The molecular weight excluding hydrogens is 305 g/mol. The summed E-state index contributed by atoms with van der Waals surface area (Å²) in [6.45, 7) is 3.36. The van der Waals surface area contributed by atoms with Crippen molar-refractivity contribution < 1.29 is 29.0 Å². The molecule has 0 radical (unpaired) electrons. The first kappa shape index (κ1) is 16.9. The zero-order chi connectivity index (χ0) is 17.4. The van der Waals surface area contributed by atoms with E-state index in [9.17, 15) is 18.8 Å². The van der Waals surface area contributed by atoms with Gasteiger partial charge in [-0.15, -0.1) is 0 Å². The Morgan fingerprint density at radius 3 is 2.17 bits per heavy atom. The summed E-state index contributed by atoms with van der Waals surface area (Å²) in [5, 5.41) is 20.7. The van der Waals surface area contributed by atoms with Gasteiger partial charge >= 0.3 is 11.9 Å². The van der Waals surface area contributed by atoms with Crippen LogP contribution in [0.15, 0.2) is 24.3 Å². The van der Waals surface area contributed by atoms with Crippen molar-refractivity contribution in [1.29, 1.82) is 0 Å². The smallest absolute Gasteiger partial charge is 0.307 e. The molecule has 1 aromatic carbocycles. The number of carboxylic acids is 2.